The first-order chi connectivity index (χ1) is 6.33. The molecule has 3 rings (SSSR count). The smallest absolute Gasteiger partial charge is 0.147 e. The van der Waals surface area contributed by atoms with Gasteiger partial charge in [0.2, 0.25) is 0 Å². The summed E-state index contributed by atoms with van der Waals surface area (Å²) in [6.07, 6.45) is 4.80. The Bertz CT molecular complexity index is 311. The zero-order valence-electron chi connectivity index (χ0n) is 7.35. The van der Waals surface area contributed by atoms with E-state index < -0.39 is 0 Å². The molecule has 4 heteroatoms. The molecule has 1 aromatic rings. The molecule has 2 atom stereocenters. The maximum atomic E-state index is 5.47. The van der Waals surface area contributed by atoms with Crippen LogP contribution < -0.4 is 10.6 Å². The Labute approximate surface area is 76.8 Å². The van der Waals surface area contributed by atoms with Crippen molar-refractivity contribution in [3.05, 3.63) is 12.4 Å². The molecule has 1 saturated carbocycles. The number of nitrogen functional groups attached to an aromatic ring is 1. The molecule has 2 unspecified atom stereocenters. The second kappa shape index (κ2) is 2.34. The van der Waals surface area contributed by atoms with Gasteiger partial charge in [0.1, 0.15) is 11.6 Å². The van der Waals surface area contributed by atoms with Crippen molar-refractivity contribution in [1.29, 1.82) is 0 Å². The maximum Gasteiger partial charge on any atom is 0.147 e. The van der Waals surface area contributed by atoms with Crippen LogP contribution in [-0.4, -0.2) is 23.1 Å². The Morgan fingerprint density at radius 1 is 1.23 bits per heavy atom. The Hall–Kier alpha value is -1.32. The third-order valence-corrected chi connectivity index (χ3v) is 2.96. The van der Waals surface area contributed by atoms with Gasteiger partial charge in [-0.3, -0.25) is 0 Å². The summed E-state index contributed by atoms with van der Waals surface area (Å²) >= 11 is 0. The lowest BCUT2D eigenvalue weighted by Gasteiger charge is -2.17. The van der Waals surface area contributed by atoms with Gasteiger partial charge in [0.05, 0.1) is 12.4 Å². The zero-order chi connectivity index (χ0) is 8.84. The van der Waals surface area contributed by atoms with Crippen LogP contribution in [0.1, 0.15) is 6.42 Å². The van der Waals surface area contributed by atoms with Crippen molar-refractivity contribution in [1.82, 2.24) is 9.97 Å². The topological polar surface area (TPSA) is 55.0 Å². The minimum Gasteiger partial charge on any atom is -0.382 e. The van der Waals surface area contributed by atoms with Gasteiger partial charge in [-0.1, -0.05) is 0 Å². The lowest BCUT2D eigenvalue weighted by atomic mass is 10.4. The van der Waals surface area contributed by atoms with Crippen LogP contribution in [0, 0.1) is 11.8 Å². The number of piperidine rings is 1. The highest BCUT2D eigenvalue weighted by atomic mass is 15.2. The molecule has 1 aromatic heterocycles. The van der Waals surface area contributed by atoms with Gasteiger partial charge in [0, 0.05) is 13.1 Å². The highest BCUT2D eigenvalue weighted by Gasteiger charge is 2.45. The molecule has 2 aliphatic rings. The van der Waals surface area contributed by atoms with Gasteiger partial charge in [-0.25, -0.2) is 9.97 Å². The fourth-order valence-electron chi connectivity index (χ4n) is 2.08. The standard InChI is InChI=1S/C9H12N4/c10-8-2-12-9(3-11-8)13-4-6-1-7(6)5-13/h2-3,6-7H,1,4-5H2,(H2,10,11). The van der Waals surface area contributed by atoms with Gasteiger partial charge in [-0.2, -0.15) is 0 Å². The molecule has 1 aliphatic carbocycles. The summed E-state index contributed by atoms with van der Waals surface area (Å²) in [5.41, 5.74) is 5.47. The Morgan fingerprint density at radius 2 is 2.00 bits per heavy atom. The van der Waals surface area contributed by atoms with E-state index in [1.807, 2.05) is 0 Å². The lowest BCUT2D eigenvalue weighted by Crippen LogP contribution is -2.22. The van der Waals surface area contributed by atoms with Gasteiger partial charge in [0.15, 0.2) is 0 Å². The number of nitrogens with zero attached hydrogens (tertiary/aromatic N) is 3. The molecular weight excluding hydrogens is 164 g/mol. The van der Waals surface area contributed by atoms with E-state index in [4.69, 9.17) is 5.73 Å². The van der Waals surface area contributed by atoms with Crippen molar-refractivity contribution in [3.63, 3.8) is 0 Å². The fourth-order valence-corrected chi connectivity index (χ4v) is 2.08. The van der Waals surface area contributed by atoms with E-state index in [-0.39, 0.29) is 0 Å². The molecule has 0 radical (unpaired) electrons. The molecule has 13 heavy (non-hydrogen) atoms. The molecule has 0 aromatic carbocycles. The number of nitrogens with two attached hydrogens (primary N) is 1. The molecule has 0 bridgehead atoms. The van der Waals surface area contributed by atoms with E-state index in [9.17, 15) is 0 Å². The number of fused-ring (bicyclic) bond motifs is 1. The summed E-state index contributed by atoms with van der Waals surface area (Å²) < 4.78 is 0. The van der Waals surface area contributed by atoms with Crippen molar-refractivity contribution in [2.24, 2.45) is 11.8 Å². The second-order valence-electron chi connectivity index (χ2n) is 3.96. The van der Waals surface area contributed by atoms with E-state index in [2.05, 4.69) is 14.9 Å². The summed E-state index contributed by atoms with van der Waals surface area (Å²) in [5, 5.41) is 0. The highest BCUT2D eigenvalue weighted by Crippen LogP contribution is 2.45. The Balaban J connectivity index is 1.81. The van der Waals surface area contributed by atoms with E-state index >= 15 is 0 Å². The van der Waals surface area contributed by atoms with E-state index in [0.717, 1.165) is 30.7 Å². The predicted octanol–water partition coefficient (Wildman–Crippen LogP) is 0.515. The second-order valence-corrected chi connectivity index (χ2v) is 3.96. The lowest BCUT2D eigenvalue weighted by molar-refractivity contribution is 0.802. The average Bonchev–Trinajstić information content (AvgIpc) is 2.75. The van der Waals surface area contributed by atoms with Crippen molar-refractivity contribution in [2.45, 2.75) is 6.42 Å². The number of hydrogen-bond acceptors (Lipinski definition) is 4. The molecule has 2 heterocycles. The number of anilines is 2. The molecule has 2 fully saturated rings. The van der Waals surface area contributed by atoms with Gasteiger partial charge in [-0.05, 0) is 18.3 Å². The third-order valence-electron chi connectivity index (χ3n) is 2.96. The van der Waals surface area contributed by atoms with Crippen molar-refractivity contribution in [2.75, 3.05) is 23.7 Å². The minimum atomic E-state index is 0.494. The Morgan fingerprint density at radius 3 is 2.62 bits per heavy atom. The number of hydrogen-bond donors (Lipinski definition) is 1. The molecule has 0 amide bonds. The number of rotatable bonds is 1. The summed E-state index contributed by atoms with van der Waals surface area (Å²) in [5.74, 6) is 3.33. The van der Waals surface area contributed by atoms with Crippen LogP contribution >= 0.6 is 0 Å². The summed E-state index contributed by atoms with van der Waals surface area (Å²) in [7, 11) is 0. The first-order valence-electron chi connectivity index (χ1n) is 4.65. The quantitative estimate of drug-likeness (QED) is 0.677. The van der Waals surface area contributed by atoms with E-state index in [1.165, 1.54) is 6.42 Å². The summed E-state index contributed by atoms with van der Waals surface area (Å²) in [6.45, 7) is 2.31. The molecule has 4 nitrogen and oxygen atoms in total. The molecule has 1 saturated heterocycles. The predicted molar refractivity (Wildman–Crippen MR) is 50.3 cm³/mol. The molecular formula is C9H12N4. The highest BCUT2D eigenvalue weighted by molar-refractivity contribution is 5.41. The van der Waals surface area contributed by atoms with E-state index in [1.54, 1.807) is 12.4 Å². The minimum absolute atomic E-state index is 0.494. The first-order valence-corrected chi connectivity index (χ1v) is 4.65. The van der Waals surface area contributed by atoms with Crippen LogP contribution in [0.2, 0.25) is 0 Å². The van der Waals surface area contributed by atoms with Crippen LogP contribution in [0.5, 0.6) is 0 Å². The van der Waals surface area contributed by atoms with Gasteiger partial charge < -0.3 is 10.6 Å². The van der Waals surface area contributed by atoms with Crippen molar-refractivity contribution in [3.8, 4) is 0 Å². The summed E-state index contributed by atoms with van der Waals surface area (Å²) in [4.78, 5) is 10.6. The molecule has 2 N–H and O–H groups in total. The zero-order valence-corrected chi connectivity index (χ0v) is 7.35. The SMILES string of the molecule is Nc1cnc(N2CC3CC3C2)cn1. The summed E-state index contributed by atoms with van der Waals surface area (Å²) in [6, 6.07) is 0. The van der Waals surface area contributed by atoms with Gasteiger partial charge in [0.25, 0.3) is 0 Å². The molecule has 1 aliphatic heterocycles. The third kappa shape index (κ3) is 1.13. The molecule has 68 valence electrons. The van der Waals surface area contributed by atoms with E-state index in [0.29, 0.717) is 5.82 Å². The maximum absolute atomic E-state index is 5.47. The van der Waals surface area contributed by atoms with Crippen LogP contribution in [0.3, 0.4) is 0 Å². The van der Waals surface area contributed by atoms with Crippen LogP contribution in [0.4, 0.5) is 11.6 Å². The van der Waals surface area contributed by atoms with Gasteiger partial charge >= 0.3 is 0 Å². The van der Waals surface area contributed by atoms with Gasteiger partial charge in [-0.15, -0.1) is 0 Å². The van der Waals surface area contributed by atoms with Crippen LogP contribution in [0.25, 0.3) is 0 Å². The monoisotopic (exact) mass is 176 g/mol. The van der Waals surface area contributed by atoms with Crippen LogP contribution in [-0.2, 0) is 0 Å². The largest absolute Gasteiger partial charge is 0.382 e. The first kappa shape index (κ1) is 7.12. The fraction of sp³-hybridized carbons (Fsp3) is 0.556. The Kier molecular flexibility index (Phi) is 1.28. The van der Waals surface area contributed by atoms with Crippen molar-refractivity contribution >= 4 is 11.6 Å². The van der Waals surface area contributed by atoms with Crippen LogP contribution in [0.15, 0.2) is 12.4 Å². The van der Waals surface area contributed by atoms with Crippen molar-refractivity contribution < 1.29 is 0 Å². The molecule has 0 spiro atoms. The normalized spacial score (nSPS) is 30.3. The average molecular weight is 176 g/mol. The number of aromatic nitrogens is 2.